The molecule has 9 heteroatoms. The number of rotatable bonds is 11. The van der Waals surface area contributed by atoms with Crippen LogP contribution in [0.3, 0.4) is 0 Å². The second-order valence-electron chi connectivity index (χ2n) is 4.65. The monoisotopic (exact) mass is 434 g/mol. The lowest BCUT2D eigenvalue weighted by Gasteiger charge is -2.12. The Balaban J connectivity index is 2.36. The van der Waals surface area contributed by atoms with Crippen molar-refractivity contribution in [2.45, 2.75) is 12.8 Å². The summed E-state index contributed by atoms with van der Waals surface area (Å²) in [5.41, 5.74) is 0. The highest BCUT2D eigenvalue weighted by atomic mass is 35.5. The van der Waals surface area contributed by atoms with E-state index in [9.17, 15) is 8.78 Å². The summed E-state index contributed by atoms with van der Waals surface area (Å²) in [6.45, 7) is 0.794. The highest BCUT2D eigenvalue weighted by Crippen LogP contribution is 2.37. The summed E-state index contributed by atoms with van der Waals surface area (Å²) in [4.78, 5) is 0. The van der Waals surface area contributed by atoms with Crippen LogP contribution in [0.15, 0.2) is 34.9 Å². The highest BCUT2D eigenvalue weighted by molar-refractivity contribution is 6.55. The maximum atomic E-state index is 11.8. The summed E-state index contributed by atoms with van der Waals surface area (Å²) in [6, 6.07) is 3.14. The summed E-state index contributed by atoms with van der Waals surface area (Å²) in [7, 11) is 0. The molecular weight excluding hydrogens is 420 g/mol. The van der Waals surface area contributed by atoms with Crippen LogP contribution < -0.4 is 9.47 Å². The molecule has 140 valence electrons. The van der Waals surface area contributed by atoms with Crippen molar-refractivity contribution in [3.8, 4) is 11.5 Å². The Bertz CT molecular complexity index is 578. The van der Waals surface area contributed by atoms with E-state index in [4.69, 9.17) is 60.6 Å². The van der Waals surface area contributed by atoms with Crippen molar-refractivity contribution in [2.24, 2.45) is 0 Å². The second-order valence-corrected chi connectivity index (χ2v) is 6.47. The zero-order valence-corrected chi connectivity index (χ0v) is 16.1. The zero-order valence-electron chi connectivity index (χ0n) is 13.0. The number of halogens is 6. The van der Waals surface area contributed by atoms with Crippen LogP contribution in [-0.4, -0.2) is 26.4 Å². The molecular formula is C16H16Cl4F2O3. The molecule has 25 heavy (non-hydrogen) atoms. The van der Waals surface area contributed by atoms with Crippen LogP contribution in [0.25, 0.3) is 0 Å². The lowest BCUT2D eigenvalue weighted by molar-refractivity contribution is 0.149. The molecule has 0 aliphatic rings. The molecule has 0 radical (unpaired) electrons. The van der Waals surface area contributed by atoms with Crippen molar-refractivity contribution >= 4 is 46.4 Å². The standard InChI is InChI=1S/C16H16Cl4F2O3/c17-12-9-11(24-8-3-14(19)20)10-13(18)16(12)25-6-2-1-5-23-7-4-15(21)22/h3-4,9-10H,1-2,5-8H2. The van der Waals surface area contributed by atoms with Gasteiger partial charge in [-0.15, -0.1) is 0 Å². The third kappa shape index (κ3) is 10.1. The fourth-order valence-corrected chi connectivity index (χ4v) is 2.35. The minimum Gasteiger partial charge on any atom is -0.490 e. The van der Waals surface area contributed by atoms with Crippen LogP contribution >= 0.6 is 46.4 Å². The van der Waals surface area contributed by atoms with Crippen LogP contribution in [0.5, 0.6) is 11.5 Å². The molecule has 1 aromatic rings. The van der Waals surface area contributed by atoms with Gasteiger partial charge in [-0.25, -0.2) is 0 Å². The topological polar surface area (TPSA) is 27.7 Å². The fraction of sp³-hybridized carbons (Fsp3) is 0.375. The van der Waals surface area contributed by atoms with Gasteiger partial charge in [-0.2, -0.15) is 8.78 Å². The third-order valence-corrected chi connectivity index (χ3v) is 3.61. The normalized spacial score (nSPS) is 10.3. The predicted octanol–water partition coefficient (Wildman–Crippen LogP) is 6.65. The maximum Gasteiger partial charge on any atom is 0.268 e. The molecule has 0 fully saturated rings. The van der Waals surface area contributed by atoms with Crippen molar-refractivity contribution in [3.05, 3.63) is 44.9 Å². The van der Waals surface area contributed by atoms with Gasteiger partial charge in [0.1, 0.15) is 16.8 Å². The summed E-state index contributed by atoms with van der Waals surface area (Å²) in [6.07, 6.45) is 1.77. The Kier molecular flexibility index (Phi) is 11.3. The van der Waals surface area contributed by atoms with E-state index < -0.39 is 6.08 Å². The smallest absolute Gasteiger partial charge is 0.268 e. The number of hydrogen-bond acceptors (Lipinski definition) is 3. The highest BCUT2D eigenvalue weighted by Gasteiger charge is 2.10. The van der Waals surface area contributed by atoms with Gasteiger partial charge in [-0.05, 0) is 18.9 Å². The number of unbranched alkanes of at least 4 members (excludes halogenated alkanes) is 1. The Hall–Kier alpha value is -0.720. The van der Waals surface area contributed by atoms with Gasteiger partial charge in [-0.1, -0.05) is 46.4 Å². The average molecular weight is 436 g/mol. The second kappa shape index (κ2) is 12.6. The fourth-order valence-electron chi connectivity index (χ4n) is 1.64. The minimum absolute atomic E-state index is 0.104. The van der Waals surface area contributed by atoms with Crippen LogP contribution in [0, 0.1) is 0 Å². The van der Waals surface area contributed by atoms with E-state index in [2.05, 4.69) is 0 Å². The summed E-state index contributed by atoms with van der Waals surface area (Å²) in [5, 5.41) is 0.617. The van der Waals surface area contributed by atoms with Gasteiger partial charge in [0, 0.05) is 24.8 Å². The molecule has 0 unspecified atom stereocenters. The lowest BCUT2D eigenvalue weighted by atomic mass is 10.3. The molecule has 0 atom stereocenters. The largest absolute Gasteiger partial charge is 0.490 e. The van der Waals surface area contributed by atoms with E-state index in [1.165, 1.54) is 6.08 Å². The number of hydrogen-bond donors (Lipinski definition) is 0. The van der Waals surface area contributed by atoms with E-state index in [1.807, 2.05) is 0 Å². The van der Waals surface area contributed by atoms with Crippen molar-refractivity contribution in [2.75, 3.05) is 26.4 Å². The van der Waals surface area contributed by atoms with Gasteiger partial charge in [0.25, 0.3) is 6.08 Å². The lowest BCUT2D eigenvalue weighted by Crippen LogP contribution is -2.02. The molecule has 0 bridgehead atoms. The van der Waals surface area contributed by atoms with Crippen molar-refractivity contribution < 1.29 is 23.0 Å². The van der Waals surface area contributed by atoms with E-state index in [-0.39, 0.29) is 17.7 Å². The molecule has 3 nitrogen and oxygen atoms in total. The molecule has 0 aliphatic heterocycles. The predicted molar refractivity (Wildman–Crippen MR) is 97.6 cm³/mol. The van der Waals surface area contributed by atoms with Crippen molar-refractivity contribution in [1.82, 2.24) is 0 Å². The average Bonchev–Trinajstić information content (AvgIpc) is 2.51. The first-order chi connectivity index (χ1) is 11.9. The minimum atomic E-state index is -1.75. The molecule has 0 aliphatic carbocycles. The van der Waals surface area contributed by atoms with Crippen molar-refractivity contribution in [3.63, 3.8) is 0 Å². The molecule has 1 rings (SSSR count). The number of benzene rings is 1. The first-order valence-corrected chi connectivity index (χ1v) is 8.76. The molecule has 0 amide bonds. The van der Waals surface area contributed by atoms with Crippen LogP contribution in [0.2, 0.25) is 10.0 Å². The van der Waals surface area contributed by atoms with E-state index >= 15 is 0 Å². The summed E-state index contributed by atoms with van der Waals surface area (Å²) >= 11 is 23.2. The molecule has 0 N–H and O–H groups in total. The van der Waals surface area contributed by atoms with Crippen LogP contribution in [0.4, 0.5) is 8.78 Å². The van der Waals surface area contributed by atoms with E-state index in [0.717, 1.165) is 6.08 Å². The summed E-state index contributed by atoms with van der Waals surface area (Å²) in [5.74, 6) is 0.805. The van der Waals surface area contributed by atoms with Gasteiger partial charge in [0.15, 0.2) is 5.75 Å². The van der Waals surface area contributed by atoms with Gasteiger partial charge >= 0.3 is 0 Å². The Morgan fingerprint density at radius 3 is 2.16 bits per heavy atom. The quantitative estimate of drug-likeness (QED) is 0.364. The molecule has 0 saturated heterocycles. The first kappa shape index (κ1) is 22.3. The first-order valence-electron chi connectivity index (χ1n) is 7.25. The van der Waals surface area contributed by atoms with Crippen LogP contribution in [0.1, 0.15) is 12.8 Å². The van der Waals surface area contributed by atoms with Crippen LogP contribution in [-0.2, 0) is 4.74 Å². The van der Waals surface area contributed by atoms with Crippen molar-refractivity contribution in [1.29, 1.82) is 0 Å². The molecule has 0 spiro atoms. The molecule has 0 aromatic heterocycles. The number of ether oxygens (including phenoxy) is 3. The van der Waals surface area contributed by atoms with Gasteiger partial charge < -0.3 is 14.2 Å². The zero-order chi connectivity index (χ0) is 18.7. The van der Waals surface area contributed by atoms with Gasteiger partial charge in [0.2, 0.25) is 0 Å². The summed E-state index contributed by atoms with van der Waals surface area (Å²) < 4.78 is 39.6. The van der Waals surface area contributed by atoms with Gasteiger partial charge in [0.05, 0.1) is 23.3 Å². The van der Waals surface area contributed by atoms with Gasteiger partial charge in [-0.3, -0.25) is 0 Å². The molecule has 0 heterocycles. The molecule has 1 aromatic carbocycles. The Labute approximate surface area is 165 Å². The SMILES string of the molecule is FC(F)=CCOCCCCOc1c(Cl)cc(OCC=C(Cl)Cl)cc1Cl. The molecule has 0 saturated carbocycles. The Morgan fingerprint density at radius 1 is 0.920 bits per heavy atom. The Morgan fingerprint density at radius 2 is 1.56 bits per heavy atom. The van der Waals surface area contributed by atoms with E-state index in [1.54, 1.807) is 12.1 Å². The maximum absolute atomic E-state index is 11.8. The third-order valence-electron chi connectivity index (χ3n) is 2.74. The van der Waals surface area contributed by atoms with E-state index in [0.29, 0.717) is 47.6 Å².